The normalized spacial score (nSPS) is 10.6. The average molecular weight is 351 g/mol. The van der Waals surface area contributed by atoms with Crippen LogP contribution in [0.2, 0.25) is 0 Å². The van der Waals surface area contributed by atoms with Gasteiger partial charge >= 0.3 is 0 Å². The van der Waals surface area contributed by atoms with Gasteiger partial charge in [0.2, 0.25) is 0 Å². The molecule has 0 spiro atoms. The van der Waals surface area contributed by atoms with Crippen molar-refractivity contribution in [2.45, 2.75) is 9.79 Å². The van der Waals surface area contributed by atoms with E-state index in [1.165, 1.54) is 9.79 Å². The number of thioether (sulfide) groups is 2. The summed E-state index contributed by atoms with van der Waals surface area (Å²) in [6, 6.07) is 22.7. The second kappa shape index (κ2) is 7.73. The first-order chi connectivity index (χ1) is 11.8. The van der Waals surface area contributed by atoms with Crippen molar-refractivity contribution >= 4 is 29.8 Å². The van der Waals surface area contributed by atoms with Crippen LogP contribution in [0.1, 0.15) is 10.4 Å². The molecule has 0 saturated carbocycles. The smallest absolute Gasteiger partial charge is 0.151 e. The number of carbonyl (C=O) groups excluding carboxylic acids is 1. The molecular formula is C21H18OS2. The lowest BCUT2D eigenvalue weighted by molar-refractivity contribution is 0.112. The van der Waals surface area contributed by atoms with Gasteiger partial charge in [-0.1, -0.05) is 42.5 Å². The number of carbonyl (C=O) groups is 1. The molecule has 0 atom stereocenters. The fraction of sp³-hybridized carbons (Fsp3) is 0.0952. The molecular weight excluding hydrogens is 332 g/mol. The van der Waals surface area contributed by atoms with E-state index in [-0.39, 0.29) is 0 Å². The molecule has 3 aromatic carbocycles. The Morgan fingerprint density at radius 3 is 1.42 bits per heavy atom. The standard InChI is InChI=1S/C21H18OS2/c1-23-17-10-6-15(7-11-17)19-4-3-5-20(21(19)14-22)16-8-12-18(24-2)13-9-16/h3-14H,1-2H3. The van der Waals surface area contributed by atoms with Gasteiger partial charge < -0.3 is 0 Å². The van der Waals surface area contributed by atoms with Crippen LogP contribution in [-0.4, -0.2) is 18.8 Å². The van der Waals surface area contributed by atoms with Gasteiger partial charge in [0.25, 0.3) is 0 Å². The van der Waals surface area contributed by atoms with Gasteiger partial charge in [0, 0.05) is 15.4 Å². The van der Waals surface area contributed by atoms with Gasteiger partial charge in [0.15, 0.2) is 6.29 Å². The second-order valence-electron chi connectivity index (χ2n) is 5.34. The minimum absolute atomic E-state index is 0.742. The van der Waals surface area contributed by atoms with Crippen LogP contribution in [0.25, 0.3) is 22.3 Å². The van der Waals surface area contributed by atoms with Crippen molar-refractivity contribution in [3.8, 4) is 22.3 Å². The Labute approximate surface area is 151 Å². The van der Waals surface area contributed by atoms with Gasteiger partial charge in [-0.15, -0.1) is 23.5 Å². The highest BCUT2D eigenvalue weighted by molar-refractivity contribution is 7.98. The number of rotatable bonds is 5. The molecule has 0 aliphatic rings. The Morgan fingerprint density at radius 2 is 1.08 bits per heavy atom. The minimum Gasteiger partial charge on any atom is -0.298 e. The molecule has 3 aromatic rings. The Morgan fingerprint density at radius 1 is 0.667 bits per heavy atom. The molecule has 0 aliphatic carbocycles. The summed E-state index contributed by atoms with van der Waals surface area (Å²) in [6.45, 7) is 0. The van der Waals surface area contributed by atoms with E-state index >= 15 is 0 Å². The largest absolute Gasteiger partial charge is 0.298 e. The Bertz CT molecular complexity index is 771. The molecule has 0 fully saturated rings. The molecule has 0 heterocycles. The van der Waals surface area contributed by atoms with E-state index < -0.39 is 0 Å². The zero-order valence-corrected chi connectivity index (χ0v) is 15.3. The number of hydrogen-bond donors (Lipinski definition) is 0. The quantitative estimate of drug-likeness (QED) is 0.398. The molecule has 3 heteroatoms. The van der Waals surface area contributed by atoms with Crippen molar-refractivity contribution in [2.75, 3.05) is 12.5 Å². The van der Waals surface area contributed by atoms with Gasteiger partial charge in [-0.2, -0.15) is 0 Å². The maximum atomic E-state index is 11.8. The highest BCUT2D eigenvalue weighted by Gasteiger charge is 2.11. The molecule has 0 bridgehead atoms. The van der Waals surface area contributed by atoms with Gasteiger partial charge in [0.05, 0.1) is 0 Å². The Balaban J connectivity index is 2.09. The summed E-state index contributed by atoms with van der Waals surface area (Å²) in [5, 5.41) is 0. The van der Waals surface area contributed by atoms with E-state index in [1.807, 2.05) is 18.2 Å². The predicted octanol–water partition coefficient (Wildman–Crippen LogP) is 6.28. The molecule has 1 nitrogen and oxygen atoms in total. The van der Waals surface area contributed by atoms with Crippen molar-refractivity contribution in [3.63, 3.8) is 0 Å². The van der Waals surface area contributed by atoms with Gasteiger partial charge in [-0.05, 0) is 59.0 Å². The molecule has 0 radical (unpaired) electrons. The minimum atomic E-state index is 0.742. The zero-order chi connectivity index (χ0) is 16.9. The summed E-state index contributed by atoms with van der Waals surface area (Å²) in [5.74, 6) is 0. The zero-order valence-electron chi connectivity index (χ0n) is 13.7. The van der Waals surface area contributed by atoms with Crippen LogP contribution in [0, 0.1) is 0 Å². The predicted molar refractivity (Wildman–Crippen MR) is 106 cm³/mol. The number of aldehydes is 1. The molecule has 0 amide bonds. The third kappa shape index (κ3) is 3.42. The Hall–Kier alpha value is -1.97. The molecule has 0 unspecified atom stereocenters. The molecule has 0 aliphatic heterocycles. The van der Waals surface area contributed by atoms with Crippen molar-refractivity contribution < 1.29 is 4.79 Å². The van der Waals surface area contributed by atoms with Crippen LogP contribution in [0.15, 0.2) is 76.5 Å². The van der Waals surface area contributed by atoms with Crippen LogP contribution in [-0.2, 0) is 0 Å². The van der Waals surface area contributed by atoms with Gasteiger partial charge in [-0.25, -0.2) is 0 Å². The first-order valence-corrected chi connectivity index (χ1v) is 10.1. The summed E-state index contributed by atoms with van der Waals surface area (Å²) in [5.41, 5.74) is 4.83. The lowest BCUT2D eigenvalue weighted by Crippen LogP contribution is -1.92. The monoisotopic (exact) mass is 350 g/mol. The average Bonchev–Trinajstić information content (AvgIpc) is 2.67. The lowest BCUT2D eigenvalue weighted by atomic mass is 9.92. The van der Waals surface area contributed by atoms with Gasteiger partial charge in [-0.3, -0.25) is 4.79 Å². The van der Waals surface area contributed by atoms with Crippen LogP contribution in [0.4, 0.5) is 0 Å². The van der Waals surface area contributed by atoms with Crippen molar-refractivity contribution in [2.24, 2.45) is 0 Å². The number of benzene rings is 3. The Kier molecular flexibility index (Phi) is 5.44. The summed E-state index contributed by atoms with van der Waals surface area (Å²) in [7, 11) is 0. The molecule has 3 rings (SSSR count). The summed E-state index contributed by atoms with van der Waals surface area (Å²) in [6.07, 6.45) is 5.09. The van der Waals surface area contributed by atoms with Crippen LogP contribution in [0.5, 0.6) is 0 Å². The lowest BCUT2D eigenvalue weighted by Gasteiger charge is -2.12. The van der Waals surface area contributed by atoms with Crippen LogP contribution in [0.3, 0.4) is 0 Å². The molecule has 0 saturated heterocycles. The maximum absolute atomic E-state index is 11.8. The van der Waals surface area contributed by atoms with E-state index in [0.717, 1.165) is 34.1 Å². The van der Waals surface area contributed by atoms with Crippen molar-refractivity contribution in [1.82, 2.24) is 0 Å². The van der Waals surface area contributed by atoms with E-state index in [1.54, 1.807) is 23.5 Å². The van der Waals surface area contributed by atoms with Crippen molar-refractivity contribution in [1.29, 1.82) is 0 Å². The third-order valence-corrected chi connectivity index (χ3v) is 5.51. The molecule has 0 N–H and O–H groups in total. The van der Waals surface area contributed by atoms with E-state index in [4.69, 9.17) is 0 Å². The van der Waals surface area contributed by atoms with Crippen LogP contribution < -0.4 is 0 Å². The highest BCUT2D eigenvalue weighted by atomic mass is 32.2. The maximum Gasteiger partial charge on any atom is 0.151 e. The van der Waals surface area contributed by atoms with Gasteiger partial charge in [0.1, 0.15) is 0 Å². The van der Waals surface area contributed by atoms with E-state index in [0.29, 0.717) is 0 Å². The molecule has 24 heavy (non-hydrogen) atoms. The topological polar surface area (TPSA) is 17.1 Å². The first kappa shape index (κ1) is 16.9. The third-order valence-electron chi connectivity index (χ3n) is 4.03. The van der Waals surface area contributed by atoms with E-state index in [9.17, 15) is 4.79 Å². The fourth-order valence-electron chi connectivity index (χ4n) is 2.74. The summed E-state index contributed by atoms with van der Waals surface area (Å²) >= 11 is 3.43. The molecule has 0 aromatic heterocycles. The van der Waals surface area contributed by atoms with Crippen molar-refractivity contribution in [3.05, 3.63) is 72.3 Å². The summed E-state index contributed by atoms with van der Waals surface area (Å²) < 4.78 is 0. The SMILES string of the molecule is CSc1ccc(-c2cccc(-c3ccc(SC)cc3)c2C=O)cc1. The molecule has 120 valence electrons. The van der Waals surface area contributed by atoms with Crippen LogP contribution >= 0.6 is 23.5 Å². The second-order valence-corrected chi connectivity index (χ2v) is 7.10. The number of hydrogen-bond acceptors (Lipinski definition) is 3. The van der Waals surface area contributed by atoms with E-state index in [2.05, 4.69) is 61.0 Å². The highest BCUT2D eigenvalue weighted by Crippen LogP contribution is 2.32. The fourth-order valence-corrected chi connectivity index (χ4v) is 3.55. The first-order valence-electron chi connectivity index (χ1n) is 7.64. The summed E-state index contributed by atoms with van der Waals surface area (Å²) in [4.78, 5) is 14.3.